The first-order valence-electron chi connectivity index (χ1n) is 8.67. The van der Waals surface area contributed by atoms with Gasteiger partial charge < -0.3 is 0 Å². The minimum atomic E-state index is -2.62. The van der Waals surface area contributed by atoms with E-state index in [1.165, 1.54) is 0 Å². The monoisotopic (exact) mass is 490 g/mol. The Hall–Kier alpha value is 0.780. The molecule has 0 amide bonds. The van der Waals surface area contributed by atoms with Gasteiger partial charge in [0.05, 0.1) is 0 Å². The Bertz CT molecular complexity index is 505. The molecule has 128 valence electrons. The number of rotatable bonds is 2. The third-order valence-electron chi connectivity index (χ3n) is 5.57. The van der Waals surface area contributed by atoms with Crippen molar-refractivity contribution >= 4 is 5.27 Å². The van der Waals surface area contributed by atoms with Crippen molar-refractivity contribution in [1.29, 1.82) is 0 Å². The average molecular weight is 489 g/mol. The Balaban J connectivity index is 3.60. The maximum absolute atomic E-state index is 2.74. The van der Waals surface area contributed by atoms with Crippen LogP contribution in [-0.4, -0.2) is 10.3 Å². The van der Waals surface area contributed by atoms with E-state index in [-0.39, 0.29) is 10.7 Å². The summed E-state index contributed by atoms with van der Waals surface area (Å²) >= 11 is -2.62. The Morgan fingerprint density at radius 1 is 0.773 bits per heavy atom. The van der Waals surface area contributed by atoms with Crippen LogP contribution in [0.25, 0.3) is 0 Å². The van der Waals surface area contributed by atoms with Gasteiger partial charge in [-0.15, -0.1) is 0 Å². The van der Waals surface area contributed by atoms with Crippen LogP contribution in [0, 0.1) is 5.41 Å². The molecule has 1 rings (SSSR count). The summed E-state index contributed by atoms with van der Waals surface area (Å²) in [6.45, 7) is 27.1. The van der Waals surface area contributed by atoms with Crippen LogP contribution >= 0.6 is 5.27 Å². The second-order valence-corrected chi connectivity index (χ2v) is 40.4. The fourth-order valence-electron chi connectivity index (χ4n) is 5.61. The molecule has 0 spiro atoms. The van der Waals surface area contributed by atoms with E-state index in [2.05, 4.69) is 85.5 Å². The summed E-state index contributed by atoms with van der Waals surface area (Å²) in [4.78, 5) is 0. The van der Waals surface area contributed by atoms with E-state index in [0.29, 0.717) is 10.3 Å². The van der Waals surface area contributed by atoms with Crippen LogP contribution < -0.4 is 0 Å². The fraction of sp³-hybridized carbons (Fsp3) is 0.800. The quantitative estimate of drug-likeness (QED) is 0.274. The number of hydrogen-bond donors (Lipinski definition) is 0. The first-order valence-corrected chi connectivity index (χ1v) is 23.8. The first-order chi connectivity index (χ1) is 9.46. The second kappa shape index (κ2) is 5.94. The molecule has 1 aliphatic rings. The zero-order valence-electron chi connectivity index (χ0n) is 17.4. The van der Waals surface area contributed by atoms with Gasteiger partial charge in [-0.25, -0.2) is 0 Å². The summed E-state index contributed by atoms with van der Waals surface area (Å²) in [5.41, 5.74) is 5.13. The van der Waals surface area contributed by atoms with Crippen molar-refractivity contribution < 1.29 is 19.4 Å². The van der Waals surface area contributed by atoms with Crippen LogP contribution in [-0.2, 0) is 19.4 Å². The summed E-state index contributed by atoms with van der Waals surface area (Å²) in [6, 6.07) is 0. The molecule has 0 N–H and O–H groups in total. The SMILES string of the molecule is CC1=C(C)C(C)(C)[C]([Hf]([CH3])([CH3])[P](C(C)(C)C)C(C)(C)C)=C1C. The Morgan fingerprint density at radius 2 is 1.14 bits per heavy atom. The van der Waals surface area contributed by atoms with Gasteiger partial charge in [0, 0.05) is 0 Å². The molecular formula is C20H39HfP. The van der Waals surface area contributed by atoms with Gasteiger partial charge in [-0.3, -0.25) is 0 Å². The van der Waals surface area contributed by atoms with Gasteiger partial charge in [0.15, 0.2) is 0 Å². The molecule has 0 nitrogen and oxygen atoms in total. The zero-order chi connectivity index (χ0) is 17.9. The standard InChI is InChI=1S/C10H15.C8H18P.2CH3.Hf/c1-7-6-10(4,5)9(3)8(7)2;1-7(2,3)9-8(4,5)6;;;/h1-5H3;1-6H3;2*1H3;/q;-1;;;+1. The molecule has 0 bridgehead atoms. The molecule has 0 radical (unpaired) electrons. The first kappa shape index (κ1) is 20.8. The zero-order valence-corrected chi connectivity index (χ0v) is 21.9. The minimum absolute atomic E-state index is 0.0175. The van der Waals surface area contributed by atoms with E-state index in [1.807, 2.05) is 3.33 Å². The normalized spacial score (nSPS) is 20.5. The second-order valence-electron chi connectivity index (χ2n) is 10.1. The summed E-state index contributed by atoms with van der Waals surface area (Å²) < 4.78 is 7.38. The number of allylic oxidation sites excluding steroid dienone is 4. The molecule has 0 unspecified atom stereocenters. The summed E-state index contributed by atoms with van der Waals surface area (Å²) in [5, 5.41) is 0.891. The predicted octanol–water partition coefficient (Wildman–Crippen LogP) is 7.88. The van der Waals surface area contributed by atoms with Gasteiger partial charge in [0.25, 0.3) is 0 Å². The molecule has 0 atom stereocenters. The summed E-state index contributed by atoms with van der Waals surface area (Å²) in [5.74, 6) is 0. The van der Waals surface area contributed by atoms with Crippen LogP contribution in [0.5, 0.6) is 0 Å². The molecule has 22 heavy (non-hydrogen) atoms. The van der Waals surface area contributed by atoms with Crippen molar-refractivity contribution in [3.8, 4) is 0 Å². The van der Waals surface area contributed by atoms with E-state index >= 15 is 0 Å². The number of hydrogen-bond acceptors (Lipinski definition) is 0. The molecular weight excluding hydrogens is 450 g/mol. The molecule has 0 aromatic heterocycles. The Kier molecular flexibility index (Phi) is 5.63. The van der Waals surface area contributed by atoms with Gasteiger partial charge in [-0.2, -0.15) is 0 Å². The molecule has 2 heteroatoms. The van der Waals surface area contributed by atoms with Crippen molar-refractivity contribution in [3.63, 3.8) is 0 Å². The van der Waals surface area contributed by atoms with Crippen LogP contribution in [0.4, 0.5) is 0 Å². The van der Waals surface area contributed by atoms with Gasteiger partial charge in [-0.05, 0) is 0 Å². The van der Waals surface area contributed by atoms with Crippen LogP contribution in [0.3, 0.4) is 0 Å². The van der Waals surface area contributed by atoms with E-state index < -0.39 is 19.4 Å². The third-order valence-corrected chi connectivity index (χ3v) is 45.7. The molecule has 0 aromatic carbocycles. The molecule has 0 fully saturated rings. The average Bonchev–Trinajstić information content (AvgIpc) is 2.34. The molecule has 0 aromatic rings. The van der Waals surface area contributed by atoms with E-state index in [4.69, 9.17) is 0 Å². The Morgan fingerprint density at radius 3 is 1.36 bits per heavy atom. The predicted molar refractivity (Wildman–Crippen MR) is 103 cm³/mol. The van der Waals surface area contributed by atoms with E-state index in [0.717, 1.165) is 0 Å². The van der Waals surface area contributed by atoms with Crippen LogP contribution in [0.1, 0.15) is 76.2 Å². The van der Waals surface area contributed by atoms with E-state index in [1.54, 1.807) is 16.7 Å². The van der Waals surface area contributed by atoms with Gasteiger partial charge in [0.1, 0.15) is 0 Å². The van der Waals surface area contributed by atoms with Crippen molar-refractivity contribution in [1.82, 2.24) is 0 Å². The third kappa shape index (κ3) is 3.42. The van der Waals surface area contributed by atoms with Gasteiger partial charge >= 0.3 is 146 Å². The summed E-state index contributed by atoms with van der Waals surface area (Å²) in [6.07, 6.45) is 0. The van der Waals surface area contributed by atoms with Gasteiger partial charge in [-0.1, -0.05) is 0 Å². The molecule has 0 heterocycles. The van der Waals surface area contributed by atoms with Crippen molar-refractivity contribution in [2.24, 2.45) is 5.41 Å². The Labute approximate surface area is 145 Å². The van der Waals surface area contributed by atoms with Crippen molar-refractivity contribution in [3.05, 3.63) is 20.0 Å². The maximum atomic E-state index is 2.74. The fourth-order valence-corrected chi connectivity index (χ4v) is 63.6. The topological polar surface area (TPSA) is 0 Å². The van der Waals surface area contributed by atoms with Crippen LogP contribution in [0.2, 0.25) is 9.36 Å². The summed E-state index contributed by atoms with van der Waals surface area (Å²) in [7, 11) is 0. The van der Waals surface area contributed by atoms with Crippen LogP contribution in [0.15, 0.2) is 20.0 Å². The van der Waals surface area contributed by atoms with Crippen molar-refractivity contribution in [2.45, 2.75) is 95.8 Å². The van der Waals surface area contributed by atoms with Gasteiger partial charge in [0.2, 0.25) is 0 Å². The van der Waals surface area contributed by atoms with Crippen molar-refractivity contribution in [2.75, 3.05) is 0 Å². The molecule has 1 aliphatic carbocycles. The van der Waals surface area contributed by atoms with E-state index in [9.17, 15) is 0 Å². The molecule has 0 aliphatic heterocycles. The molecule has 0 saturated carbocycles. The molecule has 0 saturated heterocycles.